The van der Waals surface area contributed by atoms with E-state index in [1.165, 1.54) is 5.56 Å². The number of fused-ring (bicyclic) bond motifs is 3. The quantitative estimate of drug-likeness (QED) is 0.464. The molecule has 164 valence electrons. The van der Waals surface area contributed by atoms with E-state index < -0.39 is 0 Å². The molecule has 0 atom stereocenters. The van der Waals surface area contributed by atoms with Crippen LogP contribution in [0.25, 0.3) is 16.6 Å². The molecule has 0 saturated carbocycles. The number of amides is 1. The molecule has 1 aliphatic heterocycles. The number of benzene rings is 2. The van der Waals surface area contributed by atoms with Crippen LogP contribution in [0.2, 0.25) is 5.02 Å². The van der Waals surface area contributed by atoms with Crippen LogP contribution in [0.3, 0.4) is 0 Å². The summed E-state index contributed by atoms with van der Waals surface area (Å²) in [5.41, 5.74) is 4.55. The maximum absolute atomic E-state index is 13.1. The van der Waals surface area contributed by atoms with Crippen LogP contribution in [0.1, 0.15) is 12.0 Å². The lowest BCUT2D eigenvalue weighted by Crippen LogP contribution is -2.50. The molecular formula is C25H25ClN4O2. The van der Waals surface area contributed by atoms with Crippen LogP contribution in [0.5, 0.6) is 0 Å². The maximum Gasteiger partial charge on any atom is 0.275 e. The minimum absolute atomic E-state index is 0.00918. The van der Waals surface area contributed by atoms with Gasteiger partial charge < -0.3 is 13.9 Å². The number of aromatic nitrogens is 2. The summed E-state index contributed by atoms with van der Waals surface area (Å²) in [7, 11) is 0. The number of rotatable bonds is 5. The number of carbonyl (C=O) groups is 1. The Morgan fingerprint density at radius 3 is 2.50 bits per heavy atom. The van der Waals surface area contributed by atoms with E-state index in [0.29, 0.717) is 30.2 Å². The second-order valence-electron chi connectivity index (χ2n) is 8.36. The number of piperazine rings is 1. The Morgan fingerprint density at radius 2 is 1.72 bits per heavy atom. The van der Waals surface area contributed by atoms with Crippen molar-refractivity contribution in [3.63, 3.8) is 0 Å². The Hall–Kier alpha value is -3.09. The molecule has 0 spiro atoms. The SMILES string of the molecule is Cc1ccc(N2CCN(CCCn3c(=O)c4cccn4c4cc(Cl)ccc43)CC2=O)cc1. The van der Waals surface area contributed by atoms with Gasteiger partial charge in [0.1, 0.15) is 5.52 Å². The summed E-state index contributed by atoms with van der Waals surface area (Å²) < 4.78 is 3.72. The minimum atomic E-state index is -0.00918. The van der Waals surface area contributed by atoms with Gasteiger partial charge in [-0.2, -0.15) is 0 Å². The smallest absolute Gasteiger partial charge is 0.275 e. The first-order chi connectivity index (χ1) is 15.5. The summed E-state index contributed by atoms with van der Waals surface area (Å²) in [4.78, 5) is 29.8. The number of hydrogen-bond acceptors (Lipinski definition) is 3. The molecule has 0 bridgehead atoms. The van der Waals surface area contributed by atoms with E-state index >= 15 is 0 Å². The molecular weight excluding hydrogens is 424 g/mol. The van der Waals surface area contributed by atoms with Gasteiger partial charge in [-0.15, -0.1) is 0 Å². The fourth-order valence-corrected chi connectivity index (χ4v) is 4.68. The summed E-state index contributed by atoms with van der Waals surface area (Å²) in [5, 5.41) is 0.641. The first kappa shape index (κ1) is 20.8. The highest BCUT2D eigenvalue weighted by molar-refractivity contribution is 6.31. The summed E-state index contributed by atoms with van der Waals surface area (Å²) >= 11 is 6.22. The van der Waals surface area contributed by atoms with E-state index in [0.717, 1.165) is 36.2 Å². The van der Waals surface area contributed by atoms with E-state index in [2.05, 4.69) is 4.90 Å². The lowest BCUT2D eigenvalue weighted by molar-refractivity contribution is -0.121. The Bertz CT molecular complexity index is 1360. The van der Waals surface area contributed by atoms with Crippen molar-refractivity contribution in [3.8, 4) is 0 Å². The topological polar surface area (TPSA) is 50.0 Å². The third kappa shape index (κ3) is 3.80. The molecule has 3 heterocycles. The van der Waals surface area contributed by atoms with Crippen molar-refractivity contribution < 1.29 is 4.79 Å². The lowest BCUT2D eigenvalue weighted by atomic mass is 10.2. The second-order valence-corrected chi connectivity index (χ2v) is 8.80. The molecule has 1 fully saturated rings. The van der Waals surface area contributed by atoms with Crippen LogP contribution in [-0.4, -0.2) is 46.0 Å². The van der Waals surface area contributed by atoms with Crippen molar-refractivity contribution in [2.45, 2.75) is 19.9 Å². The first-order valence-electron chi connectivity index (χ1n) is 10.9. The Morgan fingerprint density at radius 1 is 0.906 bits per heavy atom. The fraction of sp³-hybridized carbons (Fsp3) is 0.280. The van der Waals surface area contributed by atoms with Crippen LogP contribution >= 0.6 is 11.6 Å². The van der Waals surface area contributed by atoms with Gasteiger partial charge in [-0.05, 0) is 55.8 Å². The predicted octanol–water partition coefficient (Wildman–Crippen LogP) is 3.95. The molecule has 0 aliphatic carbocycles. The summed E-state index contributed by atoms with van der Waals surface area (Å²) in [6.07, 6.45) is 2.67. The molecule has 2 aromatic carbocycles. The van der Waals surface area contributed by atoms with E-state index in [4.69, 9.17) is 11.6 Å². The third-order valence-corrected chi connectivity index (χ3v) is 6.44. The normalized spacial score (nSPS) is 15.2. The highest BCUT2D eigenvalue weighted by atomic mass is 35.5. The van der Waals surface area contributed by atoms with Gasteiger partial charge in [0, 0.05) is 43.1 Å². The van der Waals surface area contributed by atoms with Gasteiger partial charge >= 0.3 is 0 Å². The van der Waals surface area contributed by atoms with Gasteiger partial charge in [-0.25, -0.2) is 0 Å². The summed E-state index contributed by atoms with van der Waals surface area (Å²) in [5.74, 6) is 0.118. The third-order valence-electron chi connectivity index (χ3n) is 6.20. The molecule has 4 aromatic rings. The number of carbonyl (C=O) groups excluding carboxylic acids is 1. The molecule has 0 N–H and O–H groups in total. The van der Waals surface area contributed by atoms with Crippen molar-refractivity contribution in [2.75, 3.05) is 31.1 Å². The van der Waals surface area contributed by atoms with Crippen molar-refractivity contribution in [3.05, 3.63) is 81.7 Å². The molecule has 7 heteroatoms. The highest BCUT2D eigenvalue weighted by Gasteiger charge is 2.24. The molecule has 5 rings (SSSR count). The van der Waals surface area contributed by atoms with Gasteiger partial charge in [-0.1, -0.05) is 29.3 Å². The van der Waals surface area contributed by atoms with Crippen molar-refractivity contribution in [1.29, 1.82) is 0 Å². The van der Waals surface area contributed by atoms with Crippen LogP contribution in [-0.2, 0) is 11.3 Å². The molecule has 0 unspecified atom stereocenters. The van der Waals surface area contributed by atoms with Gasteiger partial charge in [0.2, 0.25) is 5.91 Å². The standard InChI is InChI=1S/C25H25ClN4O2/c1-18-5-8-20(9-6-18)28-15-14-27(17-24(28)31)11-3-13-30-21-10-7-19(26)16-23(21)29-12-2-4-22(29)25(30)32/h2,4-10,12,16H,3,11,13-15,17H2,1H3. The van der Waals surface area contributed by atoms with Crippen molar-refractivity contribution >= 4 is 39.7 Å². The number of anilines is 1. The fourth-order valence-electron chi connectivity index (χ4n) is 4.52. The predicted molar refractivity (Wildman–Crippen MR) is 129 cm³/mol. The molecule has 0 radical (unpaired) electrons. The number of aryl methyl sites for hydroxylation is 2. The molecule has 6 nitrogen and oxygen atoms in total. The minimum Gasteiger partial charge on any atom is -0.310 e. The maximum atomic E-state index is 13.1. The molecule has 1 saturated heterocycles. The van der Waals surface area contributed by atoms with Crippen molar-refractivity contribution in [1.82, 2.24) is 13.9 Å². The number of hydrogen-bond donors (Lipinski definition) is 0. The van der Waals surface area contributed by atoms with E-state index in [1.54, 1.807) is 0 Å². The Kier molecular flexibility index (Phi) is 5.49. The molecule has 1 amide bonds. The Labute approximate surface area is 191 Å². The zero-order chi connectivity index (χ0) is 22.2. The van der Waals surface area contributed by atoms with Crippen molar-refractivity contribution in [2.24, 2.45) is 0 Å². The van der Waals surface area contributed by atoms with Gasteiger partial charge in [0.15, 0.2) is 0 Å². The van der Waals surface area contributed by atoms with E-state index in [-0.39, 0.29) is 11.5 Å². The van der Waals surface area contributed by atoms with E-state index in [9.17, 15) is 9.59 Å². The number of halogens is 1. The Balaban J connectivity index is 1.29. The van der Waals surface area contributed by atoms with E-state index in [1.807, 2.05) is 81.6 Å². The summed E-state index contributed by atoms with van der Waals surface area (Å²) in [6.45, 7) is 5.30. The lowest BCUT2D eigenvalue weighted by Gasteiger charge is -2.34. The van der Waals surface area contributed by atoms with Gasteiger partial charge in [-0.3, -0.25) is 14.5 Å². The van der Waals surface area contributed by atoms with Gasteiger partial charge in [0.25, 0.3) is 5.56 Å². The molecule has 2 aromatic heterocycles. The average molecular weight is 449 g/mol. The monoisotopic (exact) mass is 448 g/mol. The second kappa shape index (κ2) is 8.45. The van der Waals surface area contributed by atoms with Crippen LogP contribution < -0.4 is 10.5 Å². The average Bonchev–Trinajstić information content (AvgIpc) is 3.28. The highest BCUT2D eigenvalue weighted by Crippen LogP contribution is 2.21. The van der Waals surface area contributed by atoms with Gasteiger partial charge in [0.05, 0.1) is 17.6 Å². The largest absolute Gasteiger partial charge is 0.310 e. The van der Waals surface area contributed by atoms with Crippen LogP contribution in [0.4, 0.5) is 5.69 Å². The zero-order valence-corrected chi connectivity index (χ0v) is 18.8. The molecule has 32 heavy (non-hydrogen) atoms. The summed E-state index contributed by atoms with van der Waals surface area (Å²) in [6, 6.07) is 17.4. The first-order valence-corrected chi connectivity index (χ1v) is 11.3. The van der Waals surface area contributed by atoms with Crippen LogP contribution in [0.15, 0.2) is 65.6 Å². The zero-order valence-electron chi connectivity index (χ0n) is 18.0. The van der Waals surface area contributed by atoms with Crippen LogP contribution in [0, 0.1) is 6.92 Å². The molecule has 1 aliphatic rings. The number of nitrogens with zero attached hydrogens (tertiary/aromatic N) is 4.